The fourth-order valence-electron chi connectivity index (χ4n) is 5.81. The third-order valence-electron chi connectivity index (χ3n) is 8.16. The molecule has 220 valence electrons. The molecular formula is C40H24N6O. The van der Waals surface area contributed by atoms with Gasteiger partial charge in [-0.3, -0.25) is 0 Å². The molecule has 0 aliphatic rings. The van der Waals surface area contributed by atoms with E-state index in [1.165, 1.54) is 0 Å². The summed E-state index contributed by atoms with van der Waals surface area (Å²) in [5, 5.41) is 1.99. The van der Waals surface area contributed by atoms with Crippen molar-refractivity contribution in [3.8, 4) is 56.9 Å². The Kier molecular flexibility index (Phi) is 6.31. The van der Waals surface area contributed by atoms with Crippen LogP contribution < -0.4 is 0 Å². The van der Waals surface area contributed by atoms with E-state index in [9.17, 15) is 0 Å². The number of pyridine rings is 1. The lowest BCUT2D eigenvalue weighted by Gasteiger charge is -2.09. The lowest BCUT2D eigenvalue weighted by molar-refractivity contribution is 0.667. The molecule has 0 unspecified atom stereocenters. The molecule has 9 aromatic rings. The number of rotatable bonds is 5. The highest BCUT2D eigenvalue weighted by atomic mass is 16.3. The van der Waals surface area contributed by atoms with Crippen LogP contribution in [0.1, 0.15) is 0 Å². The SMILES string of the molecule is c1ccc(-c2nc(-c3ccccc3)nc(-c3ccc(-c4nc(-c5ccc6ccccc6n5)nc5c4oc4ccccc45)cc3)n2)cc1. The van der Waals surface area contributed by atoms with Gasteiger partial charge in [0.15, 0.2) is 28.9 Å². The first kappa shape index (κ1) is 26.8. The minimum atomic E-state index is 0.534. The minimum Gasteiger partial charge on any atom is -0.452 e. The van der Waals surface area contributed by atoms with Gasteiger partial charge in [0.25, 0.3) is 0 Å². The molecule has 0 N–H and O–H groups in total. The zero-order valence-corrected chi connectivity index (χ0v) is 24.9. The van der Waals surface area contributed by atoms with Crippen molar-refractivity contribution < 1.29 is 4.42 Å². The number of aromatic nitrogens is 6. The average molecular weight is 605 g/mol. The molecule has 0 aliphatic heterocycles. The standard InChI is InChI=1S/C40H24N6O/c1-3-12-27(13-4-1)37-44-38(28-14-5-2-6-15-28)46-39(45-37)29-21-19-26(20-22-29)34-36-35(30-16-8-10-18-33(30)47-36)43-40(42-34)32-24-23-25-11-7-9-17-31(25)41-32/h1-24H. The summed E-state index contributed by atoms with van der Waals surface area (Å²) in [4.78, 5) is 29.5. The number of fused-ring (bicyclic) bond motifs is 4. The van der Waals surface area contributed by atoms with E-state index >= 15 is 0 Å². The molecule has 4 heterocycles. The largest absolute Gasteiger partial charge is 0.452 e. The quantitative estimate of drug-likeness (QED) is 0.193. The second-order valence-electron chi connectivity index (χ2n) is 11.2. The van der Waals surface area contributed by atoms with Crippen molar-refractivity contribution in [2.24, 2.45) is 0 Å². The van der Waals surface area contributed by atoms with Gasteiger partial charge in [-0.25, -0.2) is 29.9 Å². The molecule has 0 radical (unpaired) electrons. The van der Waals surface area contributed by atoms with Crippen LogP contribution >= 0.6 is 0 Å². The number of para-hydroxylation sites is 2. The zero-order valence-electron chi connectivity index (χ0n) is 24.9. The van der Waals surface area contributed by atoms with Crippen molar-refractivity contribution in [3.05, 3.63) is 146 Å². The van der Waals surface area contributed by atoms with Crippen molar-refractivity contribution in [3.63, 3.8) is 0 Å². The lowest BCUT2D eigenvalue weighted by Crippen LogP contribution is -2.00. The summed E-state index contributed by atoms with van der Waals surface area (Å²) in [5.74, 6) is 2.35. The topological polar surface area (TPSA) is 90.5 Å². The Labute approximate surface area is 269 Å². The maximum absolute atomic E-state index is 6.37. The van der Waals surface area contributed by atoms with E-state index in [0.717, 1.165) is 49.6 Å². The van der Waals surface area contributed by atoms with Gasteiger partial charge in [-0.05, 0) is 24.3 Å². The van der Waals surface area contributed by atoms with Crippen LogP contribution in [-0.2, 0) is 0 Å². The molecule has 4 aromatic heterocycles. The van der Waals surface area contributed by atoms with Crippen LogP contribution in [0.4, 0.5) is 0 Å². The van der Waals surface area contributed by atoms with Crippen molar-refractivity contribution in [1.29, 1.82) is 0 Å². The number of nitrogens with zero attached hydrogens (tertiary/aromatic N) is 6. The highest BCUT2D eigenvalue weighted by Crippen LogP contribution is 2.36. The molecule has 47 heavy (non-hydrogen) atoms. The third kappa shape index (κ3) is 4.87. The molecule has 0 fully saturated rings. The maximum Gasteiger partial charge on any atom is 0.180 e. The van der Waals surface area contributed by atoms with E-state index in [4.69, 9.17) is 34.3 Å². The van der Waals surface area contributed by atoms with Crippen LogP contribution in [0.3, 0.4) is 0 Å². The molecule has 5 aromatic carbocycles. The predicted octanol–water partition coefficient (Wildman–Crippen LogP) is 9.44. The van der Waals surface area contributed by atoms with Gasteiger partial charge >= 0.3 is 0 Å². The number of benzene rings is 5. The minimum absolute atomic E-state index is 0.534. The van der Waals surface area contributed by atoms with E-state index in [1.807, 2.05) is 140 Å². The van der Waals surface area contributed by atoms with Crippen LogP contribution in [0.2, 0.25) is 0 Å². The lowest BCUT2D eigenvalue weighted by atomic mass is 10.1. The van der Waals surface area contributed by atoms with Crippen molar-refractivity contribution >= 4 is 33.0 Å². The van der Waals surface area contributed by atoms with Crippen LogP contribution in [0.5, 0.6) is 0 Å². The molecule has 0 saturated carbocycles. The maximum atomic E-state index is 6.37. The normalized spacial score (nSPS) is 11.4. The fourth-order valence-corrected chi connectivity index (χ4v) is 5.81. The van der Waals surface area contributed by atoms with Crippen molar-refractivity contribution in [2.75, 3.05) is 0 Å². The predicted molar refractivity (Wildman–Crippen MR) is 185 cm³/mol. The van der Waals surface area contributed by atoms with Gasteiger partial charge in [-0.2, -0.15) is 0 Å². The monoisotopic (exact) mass is 604 g/mol. The second-order valence-corrected chi connectivity index (χ2v) is 11.2. The first-order valence-electron chi connectivity index (χ1n) is 15.3. The van der Waals surface area contributed by atoms with E-state index in [0.29, 0.717) is 40.3 Å². The van der Waals surface area contributed by atoms with E-state index in [-0.39, 0.29) is 0 Å². The molecule has 7 heteroatoms. The van der Waals surface area contributed by atoms with Crippen molar-refractivity contribution in [2.45, 2.75) is 0 Å². The van der Waals surface area contributed by atoms with Crippen LogP contribution in [0.15, 0.2) is 150 Å². The van der Waals surface area contributed by atoms with Crippen LogP contribution in [-0.4, -0.2) is 29.9 Å². The molecule has 0 aliphatic carbocycles. The Hall–Kier alpha value is -6.60. The van der Waals surface area contributed by atoms with Gasteiger partial charge in [-0.15, -0.1) is 0 Å². The Bertz CT molecular complexity index is 2510. The average Bonchev–Trinajstić information content (AvgIpc) is 3.53. The zero-order chi connectivity index (χ0) is 31.2. The number of furan rings is 1. The van der Waals surface area contributed by atoms with Gasteiger partial charge in [0.05, 0.1) is 5.52 Å². The van der Waals surface area contributed by atoms with Gasteiger partial charge in [0.1, 0.15) is 22.5 Å². The van der Waals surface area contributed by atoms with E-state index in [1.54, 1.807) is 0 Å². The summed E-state index contributed by atoms with van der Waals surface area (Å²) in [6.45, 7) is 0. The number of hydrogen-bond donors (Lipinski definition) is 0. The molecule has 0 spiro atoms. The molecule has 9 rings (SSSR count). The Morgan fingerprint density at radius 3 is 1.66 bits per heavy atom. The summed E-state index contributed by atoms with van der Waals surface area (Å²) >= 11 is 0. The van der Waals surface area contributed by atoms with Crippen LogP contribution in [0, 0.1) is 0 Å². The second kappa shape index (κ2) is 11.1. The highest BCUT2D eigenvalue weighted by molar-refractivity contribution is 6.07. The van der Waals surface area contributed by atoms with Crippen molar-refractivity contribution in [1.82, 2.24) is 29.9 Å². The van der Waals surface area contributed by atoms with E-state index in [2.05, 4.69) is 6.07 Å². The highest BCUT2D eigenvalue weighted by Gasteiger charge is 2.19. The Balaban J connectivity index is 1.19. The summed E-state index contributed by atoms with van der Waals surface area (Å²) in [6.07, 6.45) is 0. The number of hydrogen-bond acceptors (Lipinski definition) is 7. The van der Waals surface area contributed by atoms with Gasteiger partial charge in [-0.1, -0.05) is 121 Å². The summed E-state index contributed by atoms with van der Waals surface area (Å²) in [5.41, 5.74) is 7.98. The molecule has 0 saturated heterocycles. The summed E-state index contributed by atoms with van der Waals surface area (Å²) in [6, 6.07) is 48.0. The van der Waals surface area contributed by atoms with Gasteiger partial charge < -0.3 is 4.42 Å². The Morgan fingerprint density at radius 2 is 0.957 bits per heavy atom. The molecule has 0 bridgehead atoms. The first-order valence-corrected chi connectivity index (χ1v) is 15.3. The molecular weight excluding hydrogens is 580 g/mol. The Morgan fingerprint density at radius 1 is 0.383 bits per heavy atom. The first-order chi connectivity index (χ1) is 23.3. The summed E-state index contributed by atoms with van der Waals surface area (Å²) in [7, 11) is 0. The van der Waals surface area contributed by atoms with E-state index < -0.39 is 0 Å². The molecule has 0 amide bonds. The molecule has 0 atom stereocenters. The molecule has 7 nitrogen and oxygen atoms in total. The summed E-state index contributed by atoms with van der Waals surface area (Å²) < 4.78 is 6.37. The third-order valence-corrected chi connectivity index (χ3v) is 8.16. The fraction of sp³-hybridized carbons (Fsp3) is 0. The smallest absolute Gasteiger partial charge is 0.180 e. The van der Waals surface area contributed by atoms with Crippen LogP contribution in [0.25, 0.3) is 89.9 Å². The van der Waals surface area contributed by atoms with Gasteiger partial charge in [0.2, 0.25) is 0 Å². The van der Waals surface area contributed by atoms with Gasteiger partial charge in [0, 0.05) is 33.0 Å².